The summed E-state index contributed by atoms with van der Waals surface area (Å²) in [5, 5.41) is -0.860. The molecule has 0 aromatic heterocycles. The second-order valence-corrected chi connectivity index (χ2v) is 18.6. The van der Waals surface area contributed by atoms with Crippen molar-refractivity contribution in [3.05, 3.63) is 10.4 Å². The lowest BCUT2D eigenvalue weighted by Gasteiger charge is -2.71. The molecule has 34 heavy (non-hydrogen) atoms. The summed E-state index contributed by atoms with van der Waals surface area (Å²) < 4.78 is 31.2. The zero-order valence-electron chi connectivity index (χ0n) is 25.8. The maximum absolute atomic E-state index is 13.9. The first-order chi connectivity index (χ1) is 14.4. The molecule has 2 unspecified atom stereocenters. The fraction of sp³-hybridized carbons (Fsp3) is 1.00. The van der Waals surface area contributed by atoms with E-state index in [0.29, 0.717) is 0 Å². The van der Waals surface area contributed by atoms with Crippen molar-refractivity contribution in [2.75, 3.05) is 0 Å². The molecule has 0 saturated heterocycles. The Balaban J connectivity index is 8.57. The minimum absolute atomic E-state index is 0.118. The van der Waals surface area contributed by atoms with Crippen LogP contribution in [-0.2, 0) is 10.0 Å². The SMILES string of the molecule is CC(C)(C)C(C(C(C)(C)C)S(=O)(=O)N=[N+]=[N-])C(C(C(C)(C)C)C(C)(C)C)(C(C)(C)C)C(C)(C)C. The Bertz CT molecular complexity index is 828. The summed E-state index contributed by atoms with van der Waals surface area (Å²) in [7, 11) is -4.13. The average molecular weight is 500 g/mol. The van der Waals surface area contributed by atoms with Gasteiger partial charge in [0.05, 0.1) is 5.25 Å². The van der Waals surface area contributed by atoms with E-state index in [-0.39, 0.29) is 33.5 Å². The number of rotatable bonds is 5. The maximum atomic E-state index is 13.9. The first-order valence-electron chi connectivity index (χ1n) is 12.7. The molecule has 0 radical (unpaired) electrons. The molecule has 0 bridgehead atoms. The highest BCUT2D eigenvalue weighted by Crippen LogP contribution is 2.72. The number of nitrogens with zero attached hydrogens (tertiary/aromatic N) is 3. The van der Waals surface area contributed by atoms with Crippen LogP contribution in [0.1, 0.15) is 125 Å². The zero-order valence-corrected chi connectivity index (χ0v) is 26.6. The lowest BCUT2D eigenvalue weighted by molar-refractivity contribution is -0.223. The molecule has 0 aromatic rings. The molecular formula is C28H57N3O2S. The van der Waals surface area contributed by atoms with Crippen molar-refractivity contribution >= 4 is 10.0 Å². The van der Waals surface area contributed by atoms with E-state index in [4.69, 9.17) is 0 Å². The zero-order chi connectivity index (χ0) is 28.1. The van der Waals surface area contributed by atoms with Crippen LogP contribution in [0.5, 0.6) is 0 Å². The Labute approximate surface area is 212 Å². The number of hydrogen-bond acceptors (Lipinski definition) is 2. The Morgan fingerprint density at radius 3 is 1.09 bits per heavy atom. The highest BCUT2D eigenvalue weighted by atomic mass is 32.2. The monoisotopic (exact) mass is 499 g/mol. The van der Waals surface area contributed by atoms with Gasteiger partial charge in [-0.05, 0) is 55.3 Å². The molecule has 0 aliphatic carbocycles. The summed E-state index contributed by atoms with van der Waals surface area (Å²) in [4.78, 5) is 2.79. The minimum Gasteiger partial charge on any atom is -0.221 e. The third-order valence-corrected chi connectivity index (χ3v) is 9.64. The van der Waals surface area contributed by atoms with Crippen LogP contribution in [0, 0.1) is 49.7 Å². The van der Waals surface area contributed by atoms with Gasteiger partial charge in [-0.3, -0.25) is 0 Å². The van der Waals surface area contributed by atoms with E-state index in [2.05, 4.69) is 113 Å². The van der Waals surface area contributed by atoms with Crippen molar-refractivity contribution < 1.29 is 8.42 Å². The van der Waals surface area contributed by atoms with Gasteiger partial charge in [0.1, 0.15) is 0 Å². The van der Waals surface area contributed by atoms with E-state index in [1.54, 1.807) is 0 Å². The van der Waals surface area contributed by atoms with E-state index in [1.807, 2.05) is 20.8 Å². The van der Waals surface area contributed by atoms with Gasteiger partial charge >= 0.3 is 0 Å². The van der Waals surface area contributed by atoms with Gasteiger partial charge in [-0.15, -0.1) is 0 Å². The molecule has 5 nitrogen and oxygen atoms in total. The van der Waals surface area contributed by atoms with Gasteiger partial charge in [0.15, 0.2) is 0 Å². The molecule has 0 amide bonds. The lowest BCUT2D eigenvalue weighted by Crippen LogP contribution is -2.68. The van der Waals surface area contributed by atoms with Crippen molar-refractivity contribution in [2.24, 2.45) is 54.3 Å². The first kappa shape index (κ1) is 33.3. The minimum atomic E-state index is -4.13. The van der Waals surface area contributed by atoms with Crippen molar-refractivity contribution in [1.29, 1.82) is 0 Å². The Hall–Kier alpha value is -0.740. The predicted molar refractivity (Wildman–Crippen MR) is 148 cm³/mol. The van der Waals surface area contributed by atoms with Crippen LogP contribution in [0.4, 0.5) is 0 Å². The summed E-state index contributed by atoms with van der Waals surface area (Å²) >= 11 is 0. The maximum Gasteiger partial charge on any atom is 0.239 e. The van der Waals surface area contributed by atoms with Gasteiger partial charge in [-0.2, -0.15) is 0 Å². The van der Waals surface area contributed by atoms with E-state index < -0.39 is 31.5 Å². The summed E-state index contributed by atoms with van der Waals surface area (Å²) in [6.45, 7) is 39.8. The van der Waals surface area contributed by atoms with Crippen LogP contribution in [0.15, 0.2) is 4.52 Å². The first-order valence-corrected chi connectivity index (χ1v) is 14.2. The van der Waals surface area contributed by atoms with Crippen LogP contribution in [-0.4, -0.2) is 13.7 Å². The van der Waals surface area contributed by atoms with E-state index in [1.165, 1.54) is 0 Å². The Morgan fingerprint density at radius 2 is 0.912 bits per heavy atom. The number of sulfonamides is 1. The molecule has 0 saturated carbocycles. The lowest BCUT2D eigenvalue weighted by atomic mass is 9.34. The molecule has 0 fully saturated rings. The standard InChI is InChI=1S/C28H57N3O2S/c1-22(2,3)19(20(23(4,5)6)34(32,33)31-30-29)28(26(13,14)15,27(16,17)18)21(24(7,8)9)25(10,11)12/h19-21H,1-18H3. The van der Waals surface area contributed by atoms with Crippen LogP contribution in [0.2, 0.25) is 0 Å². The van der Waals surface area contributed by atoms with Crippen molar-refractivity contribution in [3.8, 4) is 0 Å². The van der Waals surface area contributed by atoms with Gasteiger partial charge in [0, 0.05) is 9.43 Å². The van der Waals surface area contributed by atoms with E-state index in [0.717, 1.165) is 0 Å². The molecule has 0 heterocycles. The topological polar surface area (TPSA) is 82.9 Å². The molecule has 0 aromatic carbocycles. The number of azide groups is 1. The van der Waals surface area contributed by atoms with Gasteiger partial charge in [-0.25, -0.2) is 8.42 Å². The van der Waals surface area contributed by atoms with Crippen molar-refractivity contribution in [3.63, 3.8) is 0 Å². The Morgan fingerprint density at radius 1 is 0.588 bits per heavy atom. The molecular weight excluding hydrogens is 442 g/mol. The second kappa shape index (κ2) is 9.29. The van der Waals surface area contributed by atoms with Crippen LogP contribution < -0.4 is 0 Å². The molecule has 2 atom stereocenters. The third kappa shape index (κ3) is 6.33. The van der Waals surface area contributed by atoms with Gasteiger partial charge in [-0.1, -0.05) is 125 Å². The fourth-order valence-corrected chi connectivity index (χ4v) is 10.4. The normalized spacial score (nSPS) is 17.4. The predicted octanol–water partition coefficient (Wildman–Crippen LogP) is 9.49. The van der Waals surface area contributed by atoms with Crippen LogP contribution in [0.3, 0.4) is 0 Å². The molecule has 0 spiro atoms. The molecule has 0 rings (SSSR count). The average Bonchev–Trinajstić information content (AvgIpc) is 2.42. The molecule has 0 N–H and O–H groups in total. The van der Waals surface area contributed by atoms with Crippen molar-refractivity contribution in [1.82, 2.24) is 0 Å². The van der Waals surface area contributed by atoms with Crippen LogP contribution >= 0.6 is 0 Å². The van der Waals surface area contributed by atoms with Crippen molar-refractivity contribution in [2.45, 2.75) is 130 Å². The molecule has 0 aliphatic rings. The van der Waals surface area contributed by atoms with Crippen LogP contribution in [0.25, 0.3) is 10.4 Å². The largest absolute Gasteiger partial charge is 0.239 e. The second-order valence-electron chi connectivity index (χ2n) is 16.9. The summed E-state index contributed by atoms with van der Waals surface area (Å²) in [5.41, 5.74) is 6.98. The molecule has 202 valence electrons. The smallest absolute Gasteiger partial charge is 0.221 e. The van der Waals surface area contributed by atoms with Gasteiger partial charge in [0.25, 0.3) is 0 Å². The van der Waals surface area contributed by atoms with Gasteiger partial charge in [0.2, 0.25) is 10.0 Å². The summed E-state index contributed by atoms with van der Waals surface area (Å²) in [6, 6.07) is 0. The summed E-state index contributed by atoms with van der Waals surface area (Å²) in [6.07, 6.45) is 0. The number of hydrogen-bond donors (Lipinski definition) is 0. The quantitative estimate of drug-likeness (QED) is 0.214. The Kier molecular flexibility index (Phi) is 9.09. The van der Waals surface area contributed by atoms with Gasteiger partial charge < -0.3 is 0 Å². The van der Waals surface area contributed by atoms with E-state index >= 15 is 0 Å². The van der Waals surface area contributed by atoms with E-state index in [9.17, 15) is 13.9 Å². The third-order valence-electron chi connectivity index (χ3n) is 7.72. The highest BCUT2D eigenvalue weighted by molar-refractivity contribution is 7.90. The molecule has 0 aliphatic heterocycles. The fourth-order valence-electron chi connectivity index (χ4n) is 8.37. The summed E-state index contributed by atoms with van der Waals surface area (Å²) in [5.74, 6) is -0.165. The highest BCUT2D eigenvalue weighted by Gasteiger charge is 2.69. The molecule has 6 heteroatoms.